The molecule has 0 aliphatic rings. The van der Waals surface area contributed by atoms with Gasteiger partial charge in [0.05, 0.1) is 16.3 Å². The third kappa shape index (κ3) is 5.25. The van der Waals surface area contributed by atoms with E-state index in [4.69, 9.17) is 11.5 Å². The van der Waals surface area contributed by atoms with Crippen molar-refractivity contribution in [2.24, 2.45) is 11.5 Å². The van der Waals surface area contributed by atoms with Crippen molar-refractivity contribution < 1.29 is 9.59 Å². The number of thiazole rings is 1. The highest BCUT2D eigenvalue weighted by molar-refractivity contribution is 7.96. The first kappa shape index (κ1) is 23.4. The zero-order chi connectivity index (χ0) is 23.4. The molecule has 4 aromatic rings. The molecule has 1 heterocycles. The Kier molecular flexibility index (Phi) is 7.39. The minimum absolute atomic E-state index is 0.343. The van der Waals surface area contributed by atoms with Gasteiger partial charge in [-0.15, -0.1) is 12.6 Å². The van der Waals surface area contributed by atoms with Gasteiger partial charge in [0.25, 0.3) is 0 Å². The van der Waals surface area contributed by atoms with Gasteiger partial charge >= 0.3 is 0 Å². The minimum Gasteiger partial charge on any atom is -0.330 e. The van der Waals surface area contributed by atoms with E-state index >= 15 is 0 Å². The van der Waals surface area contributed by atoms with Crippen LogP contribution >= 0.6 is 24.0 Å². The molecule has 1 aromatic heterocycles. The van der Waals surface area contributed by atoms with Gasteiger partial charge in [0, 0.05) is 0 Å². The highest BCUT2D eigenvalue weighted by Gasteiger charge is 2.34. The van der Waals surface area contributed by atoms with Gasteiger partial charge < -0.3 is 11.5 Å². The third-order valence-electron chi connectivity index (χ3n) is 5.59. The Morgan fingerprint density at radius 3 is 2.48 bits per heavy atom. The molecular weight excluding hydrogens is 452 g/mol. The van der Waals surface area contributed by atoms with Gasteiger partial charge in [-0.25, -0.2) is 4.98 Å². The maximum atomic E-state index is 13.6. The number of nitrogens with zero attached hydrogens (tertiary/aromatic N) is 2. The molecule has 3 aromatic carbocycles. The summed E-state index contributed by atoms with van der Waals surface area (Å²) in [5.74, 6) is -0.355. The average molecular weight is 479 g/mol. The number of carbonyl (C=O) groups excluding carboxylic acids is 2. The molecule has 0 aliphatic carbocycles. The zero-order valence-electron chi connectivity index (χ0n) is 18.1. The minimum atomic E-state index is -0.841. The molecule has 0 radical (unpaired) electrons. The summed E-state index contributed by atoms with van der Waals surface area (Å²) in [6.45, 7) is 0.405. The summed E-state index contributed by atoms with van der Waals surface area (Å²) < 4.78 is 0.928. The largest absolute Gasteiger partial charge is 0.330 e. The Bertz CT molecular complexity index is 1260. The number of aromatic nitrogens is 1. The van der Waals surface area contributed by atoms with Crippen LogP contribution in [0.1, 0.15) is 18.4 Å². The molecular formula is C25H26N4O2S2. The fraction of sp³-hybridized carbons (Fsp3) is 0.240. The average Bonchev–Trinajstić information content (AvgIpc) is 3.24. The monoisotopic (exact) mass is 478 g/mol. The van der Waals surface area contributed by atoms with Gasteiger partial charge in [0.1, 0.15) is 6.04 Å². The van der Waals surface area contributed by atoms with E-state index < -0.39 is 17.2 Å². The van der Waals surface area contributed by atoms with Crippen LogP contribution < -0.4 is 16.4 Å². The second-order valence-electron chi connectivity index (χ2n) is 7.95. The van der Waals surface area contributed by atoms with E-state index in [1.807, 2.05) is 66.7 Å². The first-order valence-electron chi connectivity index (χ1n) is 10.8. The molecule has 8 heteroatoms. The molecule has 33 heavy (non-hydrogen) atoms. The summed E-state index contributed by atoms with van der Waals surface area (Å²) in [6.07, 6.45) is 1.31. The Labute approximate surface area is 202 Å². The molecule has 4 N–H and O–H groups in total. The fourth-order valence-corrected chi connectivity index (χ4v) is 5.17. The number of rotatable bonds is 9. The smallest absolute Gasteiger partial charge is 0.246 e. The number of thiol groups is 1. The van der Waals surface area contributed by atoms with Crippen LogP contribution in [-0.2, 0) is 16.0 Å². The lowest BCUT2D eigenvalue weighted by molar-refractivity contribution is -0.122. The second-order valence-corrected chi connectivity index (χ2v) is 9.40. The topological polar surface area (TPSA) is 102 Å². The van der Waals surface area contributed by atoms with Crippen molar-refractivity contribution >= 4 is 61.1 Å². The molecule has 0 bridgehead atoms. The maximum absolute atomic E-state index is 13.6. The summed E-state index contributed by atoms with van der Waals surface area (Å²) in [7, 11) is 0. The van der Waals surface area contributed by atoms with Crippen LogP contribution in [0, 0.1) is 0 Å². The van der Waals surface area contributed by atoms with Crippen molar-refractivity contribution in [1.82, 2.24) is 4.98 Å². The van der Waals surface area contributed by atoms with Crippen molar-refractivity contribution in [2.45, 2.75) is 31.3 Å². The lowest BCUT2D eigenvalue weighted by Gasteiger charge is -2.29. The molecule has 0 spiro atoms. The van der Waals surface area contributed by atoms with Crippen LogP contribution in [0.5, 0.6) is 0 Å². The molecule has 170 valence electrons. The Balaban J connectivity index is 1.66. The van der Waals surface area contributed by atoms with Gasteiger partial charge in [-0.3, -0.25) is 14.5 Å². The van der Waals surface area contributed by atoms with E-state index in [0.29, 0.717) is 30.9 Å². The summed E-state index contributed by atoms with van der Waals surface area (Å²) in [6, 6.07) is 20.1. The van der Waals surface area contributed by atoms with Crippen molar-refractivity contribution in [2.75, 3.05) is 11.4 Å². The molecule has 1 amide bonds. The number of carbonyl (C=O) groups is 2. The zero-order valence-corrected chi connectivity index (χ0v) is 19.8. The molecule has 4 rings (SSSR count). The summed E-state index contributed by atoms with van der Waals surface area (Å²) in [4.78, 5) is 32.2. The van der Waals surface area contributed by atoms with Gasteiger partial charge in [0.2, 0.25) is 11.0 Å². The van der Waals surface area contributed by atoms with Gasteiger partial charge in [-0.2, -0.15) is 0 Å². The number of para-hydroxylation sites is 1. The SMILES string of the molecule is NCCC[C@@H](C(=O)S)N(C(=O)[C@@H](N)Cc1ccc2ccccc2c1)c1nc2ccccc2s1. The molecule has 2 atom stereocenters. The van der Waals surface area contributed by atoms with Crippen LogP contribution in [0.2, 0.25) is 0 Å². The number of benzene rings is 3. The molecule has 6 nitrogen and oxygen atoms in total. The second kappa shape index (κ2) is 10.4. The highest BCUT2D eigenvalue weighted by Crippen LogP contribution is 2.32. The number of fused-ring (bicyclic) bond motifs is 2. The molecule has 0 fully saturated rings. The fourth-order valence-electron chi connectivity index (χ4n) is 3.90. The molecule has 0 saturated carbocycles. The van der Waals surface area contributed by atoms with E-state index in [0.717, 1.165) is 26.6 Å². The molecule has 0 saturated heterocycles. The summed E-state index contributed by atoms with van der Waals surface area (Å²) in [5, 5.41) is 2.25. The van der Waals surface area contributed by atoms with Crippen molar-refractivity contribution in [3.05, 3.63) is 72.3 Å². The van der Waals surface area contributed by atoms with Crippen molar-refractivity contribution in [1.29, 1.82) is 0 Å². The third-order valence-corrected chi connectivity index (χ3v) is 6.92. The predicted octanol–water partition coefficient (Wildman–Crippen LogP) is 3.92. The highest BCUT2D eigenvalue weighted by atomic mass is 32.1. The number of nitrogens with two attached hydrogens (primary N) is 2. The lowest BCUT2D eigenvalue weighted by Crippen LogP contribution is -2.52. The molecule has 0 unspecified atom stereocenters. The van der Waals surface area contributed by atoms with Gasteiger partial charge in [-0.05, 0) is 54.3 Å². The normalized spacial score (nSPS) is 13.2. The Hall–Kier alpha value is -2.78. The van der Waals surface area contributed by atoms with Crippen LogP contribution in [0.25, 0.3) is 21.0 Å². The predicted molar refractivity (Wildman–Crippen MR) is 139 cm³/mol. The quantitative estimate of drug-likeness (QED) is 0.317. The van der Waals surface area contributed by atoms with Crippen LogP contribution in [0.3, 0.4) is 0 Å². The molecule has 0 aliphatic heterocycles. The van der Waals surface area contributed by atoms with E-state index in [9.17, 15) is 9.59 Å². The first-order valence-corrected chi connectivity index (χ1v) is 12.1. The lowest BCUT2D eigenvalue weighted by atomic mass is 10.0. The van der Waals surface area contributed by atoms with Gasteiger partial charge in [0.15, 0.2) is 5.13 Å². The Morgan fingerprint density at radius 1 is 1.03 bits per heavy atom. The number of hydrogen-bond donors (Lipinski definition) is 3. The first-order chi connectivity index (χ1) is 16.0. The van der Waals surface area contributed by atoms with Crippen molar-refractivity contribution in [3.8, 4) is 0 Å². The van der Waals surface area contributed by atoms with Crippen LogP contribution in [0.15, 0.2) is 66.7 Å². The van der Waals surface area contributed by atoms with Gasteiger partial charge in [-0.1, -0.05) is 65.9 Å². The van der Waals surface area contributed by atoms with E-state index in [1.165, 1.54) is 16.2 Å². The number of anilines is 1. The number of hydrogen-bond acceptors (Lipinski definition) is 6. The van der Waals surface area contributed by atoms with Crippen molar-refractivity contribution in [3.63, 3.8) is 0 Å². The Morgan fingerprint density at radius 2 is 1.76 bits per heavy atom. The van der Waals surface area contributed by atoms with Crippen LogP contribution in [0.4, 0.5) is 5.13 Å². The van der Waals surface area contributed by atoms with Crippen LogP contribution in [-0.4, -0.2) is 34.6 Å². The van der Waals surface area contributed by atoms with E-state index in [-0.39, 0.29) is 5.91 Å². The van der Waals surface area contributed by atoms with E-state index in [2.05, 4.69) is 17.6 Å². The standard InChI is InChI=1S/C25H26N4O2S2/c26-13-5-9-21(24(31)32)29(25-28-20-8-3-4-10-22(20)33-25)23(30)19(27)15-16-11-12-17-6-1-2-7-18(17)14-16/h1-4,6-8,10-12,14,19,21H,5,9,13,15,26-27H2,(H,31,32)/t19-,21-/m0/s1. The summed E-state index contributed by atoms with van der Waals surface area (Å²) >= 11 is 5.44. The number of amides is 1. The summed E-state index contributed by atoms with van der Waals surface area (Å²) in [5.41, 5.74) is 13.8. The van der Waals surface area contributed by atoms with E-state index in [1.54, 1.807) is 0 Å². The maximum Gasteiger partial charge on any atom is 0.246 e.